The molecule has 1 N–H and O–H groups in total. The van der Waals surface area contributed by atoms with Crippen LogP contribution in [0.3, 0.4) is 0 Å². The number of hydrogen-bond donors (Lipinski definition) is 1. The molecule has 8 heteroatoms. The van der Waals surface area contributed by atoms with Gasteiger partial charge in [-0.05, 0) is 42.9 Å². The number of carbonyl (C=O) groups is 1. The first-order valence-corrected chi connectivity index (χ1v) is 9.71. The lowest BCUT2D eigenvalue weighted by molar-refractivity contribution is -0.137. The van der Waals surface area contributed by atoms with Crippen molar-refractivity contribution >= 4 is 33.2 Å². The lowest BCUT2D eigenvalue weighted by Gasteiger charge is -2.35. The molecule has 2 aromatic rings. The molecule has 1 amide bonds. The van der Waals surface area contributed by atoms with Gasteiger partial charge in [-0.25, -0.2) is 0 Å². The van der Waals surface area contributed by atoms with Gasteiger partial charge in [0, 0.05) is 30.7 Å². The van der Waals surface area contributed by atoms with E-state index in [0.29, 0.717) is 18.8 Å². The minimum absolute atomic E-state index is 0.0890. The summed E-state index contributed by atoms with van der Waals surface area (Å²) in [6.07, 6.45) is -4.38. The van der Waals surface area contributed by atoms with Crippen LogP contribution < -0.4 is 10.2 Å². The van der Waals surface area contributed by atoms with Crippen molar-refractivity contribution in [1.29, 1.82) is 0 Å². The quantitative estimate of drug-likeness (QED) is 0.741. The van der Waals surface area contributed by atoms with Crippen LogP contribution in [0.25, 0.3) is 0 Å². The van der Waals surface area contributed by atoms with E-state index in [2.05, 4.69) is 26.1 Å². The molecule has 3 rings (SSSR count). The molecule has 0 saturated carbocycles. The summed E-state index contributed by atoms with van der Waals surface area (Å²) >= 11 is 3.33. The number of hydrogen-bond acceptors (Lipinski definition) is 3. The summed E-state index contributed by atoms with van der Waals surface area (Å²) < 4.78 is 40.4. The lowest BCUT2D eigenvalue weighted by Crippen LogP contribution is -2.44. The number of carbonyl (C=O) groups excluding carboxylic acids is 1. The minimum Gasteiger partial charge on any atom is -0.367 e. The van der Waals surface area contributed by atoms with E-state index in [4.69, 9.17) is 0 Å². The van der Waals surface area contributed by atoms with Crippen LogP contribution in [0.4, 0.5) is 24.5 Å². The molecule has 0 spiro atoms. The summed E-state index contributed by atoms with van der Waals surface area (Å²) in [5.74, 6) is -0.350. The number of rotatable bonds is 4. The highest BCUT2D eigenvalue weighted by Crippen LogP contribution is 2.36. The first-order chi connectivity index (χ1) is 13.2. The van der Waals surface area contributed by atoms with Crippen molar-refractivity contribution < 1.29 is 18.0 Å². The van der Waals surface area contributed by atoms with E-state index < -0.39 is 11.7 Å². The standard InChI is InChI=1S/C20H21BrF3N3O/c1-26-8-10-27(11-9-26)18-7-4-15(20(22,23)24)13-17(18)25-19(28)12-14-2-5-16(21)6-3-14/h2-7,13H,8-12H2,1H3,(H,25,28). The molecule has 0 bridgehead atoms. The zero-order valence-electron chi connectivity index (χ0n) is 15.4. The molecular formula is C20H21BrF3N3O. The van der Waals surface area contributed by atoms with Crippen LogP contribution in [-0.2, 0) is 17.4 Å². The first kappa shape index (κ1) is 20.7. The van der Waals surface area contributed by atoms with Crippen molar-refractivity contribution in [2.45, 2.75) is 12.6 Å². The van der Waals surface area contributed by atoms with Gasteiger partial charge < -0.3 is 15.1 Å². The Labute approximate surface area is 170 Å². The lowest BCUT2D eigenvalue weighted by atomic mass is 10.1. The largest absolute Gasteiger partial charge is 0.416 e. The topological polar surface area (TPSA) is 35.6 Å². The molecule has 4 nitrogen and oxygen atoms in total. The van der Waals surface area contributed by atoms with E-state index in [-0.39, 0.29) is 18.0 Å². The first-order valence-electron chi connectivity index (χ1n) is 8.91. The maximum atomic E-state index is 13.2. The molecule has 1 aliphatic heterocycles. The third-order valence-electron chi connectivity index (χ3n) is 4.72. The fraction of sp³-hybridized carbons (Fsp3) is 0.350. The Morgan fingerprint density at radius 2 is 1.71 bits per heavy atom. The molecule has 1 aliphatic rings. The predicted molar refractivity (Wildman–Crippen MR) is 108 cm³/mol. The highest BCUT2D eigenvalue weighted by molar-refractivity contribution is 9.10. The molecule has 2 aromatic carbocycles. The van der Waals surface area contributed by atoms with Crippen molar-refractivity contribution in [3.63, 3.8) is 0 Å². The van der Waals surface area contributed by atoms with E-state index in [1.807, 2.05) is 24.1 Å². The van der Waals surface area contributed by atoms with E-state index >= 15 is 0 Å². The molecule has 0 unspecified atom stereocenters. The molecule has 0 aliphatic carbocycles. The third kappa shape index (κ3) is 5.26. The van der Waals surface area contributed by atoms with Gasteiger partial charge in [-0.15, -0.1) is 0 Å². The SMILES string of the molecule is CN1CCN(c2ccc(C(F)(F)F)cc2NC(=O)Cc2ccc(Br)cc2)CC1. The highest BCUT2D eigenvalue weighted by atomic mass is 79.9. The average molecular weight is 456 g/mol. The third-order valence-corrected chi connectivity index (χ3v) is 5.25. The Bertz CT molecular complexity index is 832. The number of alkyl halides is 3. The van der Waals surface area contributed by atoms with E-state index in [0.717, 1.165) is 35.3 Å². The summed E-state index contributed by atoms with van der Waals surface area (Å²) in [4.78, 5) is 16.7. The molecular weight excluding hydrogens is 435 g/mol. The molecule has 0 atom stereocenters. The van der Waals surface area contributed by atoms with Crippen molar-refractivity contribution in [3.8, 4) is 0 Å². The van der Waals surface area contributed by atoms with Gasteiger partial charge in [0.15, 0.2) is 0 Å². The van der Waals surface area contributed by atoms with Crippen molar-refractivity contribution in [3.05, 3.63) is 58.1 Å². The molecule has 0 aromatic heterocycles. The number of amides is 1. The summed E-state index contributed by atoms with van der Waals surface area (Å²) in [5.41, 5.74) is 0.824. The molecule has 1 saturated heterocycles. The number of anilines is 2. The minimum atomic E-state index is -4.47. The van der Waals surface area contributed by atoms with Crippen LogP contribution in [0.1, 0.15) is 11.1 Å². The van der Waals surface area contributed by atoms with Crippen LogP contribution in [0.15, 0.2) is 46.9 Å². The monoisotopic (exact) mass is 455 g/mol. The van der Waals surface area contributed by atoms with Crippen LogP contribution in [-0.4, -0.2) is 44.0 Å². The zero-order valence-corrected chi connectivity index (χ0v) is 17.0. The smallest absolute Gasteiger partial charge is 0.367 e. The fourth-order valence-electron chi connectivity index (χ4n) is 3.12. The Hall–Kier alpha value is -2.06. The second-order valence-electron chi connectivity index (χ2n) is 6.87. The van der Waals surface area contributed by atoms with Gasteiger partial charge in [-0.3, -0.25) is 4.79 Å². The normalized spacial score (nSPS) is 15.5. The van der Waals surface area contributed by atoms with Crippen LogP contribution in [0.5, 0.6) is 0 Å². The van der Waals surface area contributed by atoms with Crippen molar-refractivity contribution in [1.82, 2.24) is 4.90 Å². The van der Waals surface area contributed by atoms with Gasteiger partial charge in [0.05, 0.1) is 23.4 Å². The van der Waals surface area contributed by atoms with Crippen LogP contribution in [0.2, 0.25) is 0 Å². The molecule has 150 valence electrons. The molecule has 0 radical (unpaired) electrons. The van der Waals surface area contributed by atoms with Gasteiger partial charge in [0.25, 0.3) is 0 Å². The van der Waals surface area contributed by atoms with Gasteiger partial charge in [0.2, 0.25) is 5.91 Å². The number of benzene rings is 2. The molecule has 28 heavy (non-hydrogen) atoms. The van der Waals surface area contributed by atoms with Crippen molar-refractivity contribution in [2.75, 3.05) is 43.4 Å². The van der Waals surface area contributed by atoms with Gasteiger partial charge in [-0.2, -0.15) is 13.2 Å². The van der Waals surface area contributed by atoms with E-state index in [1.165, 1.54) is 6.07 Å². The zero-order chi connectivity index (χ0) is 20.3. The van der Waals surface area contributed by atoms with Gasteiger partial charge >= 0.3 is 6.18 Å². The Morgan fingerprint density at radius 1 is 1.07 bits per heavy atom. The molecule has 1 fully saturated rings. The second kappa shape index (κ2) is 8.53. The maximum Gasteiger partial charge on any atom is 0.416 e. The summed E-state index contributed by atoms with van der Waals surface area (Å²) in [5, 5.41) is 2.69. The Kier molecular flexibility index (Phi) is 6.30. The average Bonchev–Trinajstić information content (AvgIpc) is 2.64. The molecule has 1 heterocycles. The fourth-order valence-corrected chi connectivity index (χ4v) is 3.38. The van der Waals surface area contributed by atoms with Crippen LogP contribution in [0, 0.1) is 0 Å². The van der Waals surface area contributed by atoms with Crippen LogP contribution >= 0.6 is 15.9 Å². The summed E-state index contributed by atoms with van der Waals surface area (Å²) in [6, 6.07) is 10.8. The number of nitrogens with zero attached hydrogens (tertiary/aromatic N) is 2. The summed E-state index contributed by atoms with van der Waals surface area (Å²) in [7, 11) is 2.00. The van der Waals surface area contributed by atoms with E-state index in [1.54, 1.807) is 12.1 Å². The maximum absolute atomic E-state index is 13.2. The Balaban J connectivity index is 1.83. The highest BCUT2D eigenvalue weighted by Gasteiger charge is 2.32. The number of likely N-dealkylation sites (N-methyl/N-ethyl adjacent to an activating group) is 1. The number of halogens is 4. The summed E-state index contributed by atoms with van der Waals surface area (Å²) in [6.45, 7) is 3.01. The van der Waals surface area contributed by atoms with E-state index in [9.17, 15) is 18.0 Å². The van der Waals surface area contributed by atoms with Gasteiger partial charge in [0.1, 0.15) is 0 Å². The second-order valence-corrected chi connectivity index (χ2v) is 7.79. The van der Waals surface area contributed by atoms with Crippen molar-refractivity contribution in [2.24, 2.45) is 0 Å². The number of nitrogens with one attached hydrogen (secondary N) is 1. The Morgan fingerprint density at radius 3 is 2.32 bits per heavy atom. The van der Waals surface area contributed by atoms with Gasteiger partial charge in [-0.1, -0.05) is 28.1 Å². The number of piperazine rings is 1. The predicted octanol–water partition coefficient (Wildman–Crippen LogP) is 4.40.